The molecule has 0 aromatic heterocycles. The molecule has 2 rings (SSSR count). The minimum absolute atomic E-state index is 0.0119. The summed E-state index contributed by atoms with van der Waals surface area (Å²) >= 11 is 0. The zero-order valence-electron chi connectivity index (χ0n) is 18.6. The van der Waals surface area contributed by atoms with Crippen LogP contribution in [0.5, 0.6) is 17.2 Å². The Bertz CT molecular complexity index is 893. The lowest BCUT2D eigenvalue weighted by Gasteiger charge is -2.13. The average molecular weight is 449 g/mol. The lowest BCUT2D eigenvalue weighted by Crippen LogP contribution is -1.99. The number of phenols is 1. The standard InChI is InChI=1S/C25H36O5S/c1-2-3-4-5-6-7-8-9-10-11-12-15-21-16-13-19-24(26)25(21)30-22-17-14-18-23(20-22)31(27,28)29/h13-14,16-20,26H,2-12,15H2,1H3,(H,27,28,29). The van der Waals surface area contributed by atoms with Crippen LogP contribution in [0.25, 0.3) is 0 Å². The Morgan fingerprint density at radius 3 is 2.00 bits per heavy atom. The van der Waals surface area contributed by atoms with Gasteiger partial charge in [0.1, 0.15) is 5.75 Å². The van der Waals surface area contributed by atoms with E-state index >= 15 is 0 Å². The number of benzene rings is 2. The van der Waals surface area contributed by atoms with Gasteiger partial charge in [-0.05, 0) is 36.6 Å². The molecule has 0 saturated carbocycles. The second-order valence-corrected chi connectivity index (χ2v) is 9.52. The predicted molar refractivity (Wildman–Crippen MR) is 125 cm³/mol. The van der Waals surface area contributed by atoms with Crippen molar-refractivity contribution in [1.82, 2.24) is 0 Å². The Morgan fingerprint density at radius 2 is 1.39 bits per heavy atom. The molecule has 0 saturated heterocycles. The molecule has 2 aromatic rings. The van der Waals surface area contributed by atoms with E-state index in [4.69, 9.17) is 4.74 Å². The molecule has 0 bridgehead atoms. The zero-order chi connectivity index (χ0) is 22.5. The Labute approximate surface area is 187 Å². The first-order valence-corrected chi connectivity index (χ1v) is 12.9. The maximum absolute atomic E-state index is 11.3. The number of ether oxygens (including phenoxy) is 1. The summed E-state index contributed by atoms with van der Waals surface area (Å²) in [7, 11) is -4.31. The smallest absolute Gasteiger partial charge is 0.294 e. The summed E-state index contributed by atoms with van der Waals surface area (Å²) < 4.78 is 37.7. The van der Waals surface area contributed by atoms with Gasteiger partial charge in [-0.3, -0.25) is 4.55 Å². The molecule has 172 valence electrons. The van der Waals surface area contributed by atoms with E-state index in [-0.39, 0.29) is 16.4 Å². The van der Waals surface area contributed by atoms with Gasteiger partial charge in [-0.25, -0.2) is 0 Å². The van der Waals surface area contributed by atoms with Crippen LogP contribution in [-0.4, -0.2) is 18.1 Å². The summed E-state index contributed by atoms with van der Waals surface area (Å²) in [6, 6.07) is 10.9. The van der Waals surface area contributed by atoms with Crippen molar-refractivity contribution in [3.8, 4) is 17.2 Å². The van der Waals surface area contributed by atoms with Gasteiger partial charge in [0.15, 0.2) is 11.5 Å². The number of para-hydroxylation sites is 1. The van der Waals surface area contributed by atoms with Gasteiger partial charge in [-0.15, -0.1) is 0 Å². The number of hydrogen-bond donors (Lipinski definition) is 2. The lowest BCUT2D eigenvalue weighted by molar-refractivity contribution is 0.405. The topological polar surface area (TPSA) is 83.8 Å². The summed E-state index contributed by atoms with van der Waals surface area (Å²) in [5.41, 5.74) is 0.883. The molecule has 0 atom stereocenters. The van der Waals surface area contributed by atoms with Gasteiger partial charge in [0, 0.05) is 6.07 Å². The molecule has 0 aliphatic carbocycles. The van der Waals surface area contributed by atoms with E-state index in [0.29, 0.717) is 5.75 Å². The van der Waals surface area contributed by atoms with Gasteiger partial charge in [0.2, 0.25) is 0 Å². The van der Waals surface area contributed by atoms with Crippen LogP contribution in [0.1, 0.15) is 83.1 Å². The van der Waals surface area contributed by atoms with Crippen molar-refractivity contribution in [1.29, 1.82) is 0 Å². The molecule has 0 aliphatic heterocycles. The fourth-order valence-corrected chi connectivity index (χ4v) is 4.20. The highest BCUT2D eigenvalue weighted by Gasteiger charge is 2.14. The normalized spacial score (nSPS) is 11.5. The van der Waals surface area contributed by atoms with Crippen molar-refractivity contribution in [2.24, 2.45) is 0 Å². The van der Waals surface area contributed by atoms with Crippen molar-refractivity contribution in [2.45, 2.75) is 88.9 Å². The number of phenolic OH excluding ortho intramolecular Hbond substituents is 1. The van der Waals surface area contributed by atoms with Crippen molar-refractivity contribution in [3.63, 3.8) is 0 Å². The molecule has 0 fully saturated rings. The van der Waals surface area contributed by atoms with E-state index < -0.39 is 10.1 Å². The summed E-state index contributed by atoms with van der Waals surface area (Å²) in [5.74, 6) is 0.594. The largest absolute Gasteiger partial charge is 0.504 e. The highest BCUT2D eigenvalue weighted by atomic mass is 32.2. The highest BCUT2D eigenvalue weighted by molar-refractivity contribution is 7.85. The van der Waals surface area contributed by atoms with Gasteiger partial charge >= 0.3 is 0 Å². The molecule has 0 spiro atoms. The molecule has 6 heteroatoms. The Morgan fingerprint density at radius 1 is 0.806 bits per heavy atom. The number of aryl methyl sites for hydroxylation is 1. The van der Waals surface area contributed by atoms with Gasteiger partial charge < -0.3 is 9.84 Å². The fraction of sp³-hybridized carbons (Fsp3) is 0.520. The van der Waals surface area contributed by atoms with E-state index in [9.17, 15) is 18.1 Å². The molecule has 0 amide bonds. The number of unbranched alkanes of at least 4 members (excludes halogenated alkanes) is 10. The van der Waals surface area contributed by atoms with Crippen LogP contribution < -0.4 is 4.74 Å². The van der Waals surface area contributed by atoms with Crippen molar-refractivity contribution in [2.75, 3.05) is 0 Å². The third-order valence-electron chi connectivity index (χ3n) is 5.45. The first-order valence-electron chi connectivity index (χ1n) is 11.5. The van der Waals surface area contributed by atoms with Crippen LogP contribution in [0.15, 0.2) is 47.4 Å². The van der Waals surface area contributed by atoms with Gasteiger partial charge in [0.25, 0.3) is 10.1 Å². The molecule has 5 nitrogen and oxygen atoms in total. The van der Waals surface area contributed by atoms with E-state index in [2.05, 4.69) is 6.92 Å². The third kappa shape index (κ3) is 9.32. The number of hydrogen-bond acceptors (Lipinski definition) is 4. The average Bonchev–Trinajstić information content (AvgIpc) is 2.74. The summed E-state index contributed by atoms with van der Waals surface area (Å²) in [6.45, 7) is 2.24. The molecular formula is C25H36O5S. The molecule has 2 N–H and O–H groups in total. The van der Waals surface area contributed by atoms with Gasteiger partial charge in [-0.2, -0.15) is 8.42 Å². The van der Waals surface area contributed by atoms with Crippen molar-refractivity contribution in [3.05, 3.63) is 48.0 Å². The van der Waals surface area contributed by atoms with Crippen LogP contribution in [0.2, 0.25) is 0 Å². The van der Waals surface area contributed by atoms with Gasteiger partial charge in [-0.1, -0.05) is 89.3 Å². The number of rotatable bonds is 15. The Kier molecular flexibility index (Phi) is 10.9. The van der Waals surface area contributed by atoms with Gasteiger partial charge in [0.05, 0.1) is 4.90 Å². The second-order valence-electron chi connectivity index (χ2n) is 8.10. The first kappa shape index (κ1) is 25.2. The molecule has 0 aliphatic rings. The molecule has 31 heavy (non-hydrogen) atoms. The molecule has 0 heterocycles. The van der Waals surface area contributed by atoms with Crippen molar-refractivity contribution < 1.29 is 22.8 Å². The minimum atomic E-state index is -4.31. The molecule has 2 aromatic carbocycles. The zero-order valence-corrected chi connectivity index (χ0v) is 19.4. The Balaban J connectivity index is 1.80. The fourth-order valence-electron chi connectivity index (χ4n) is 3.68. The maximum atomic E-state index is 11.3. The summed E-state index contributed by atoms with van der Waals surface area (Å²) in [6.07, 6.45) is 14.7. The summed E-state index contributed by atoms with van der Waals surface area (Å²) in [5, 5.41) is 10.3. The van der Waals surface area contributed by atoms with Crippen LogP contribution in [0, 0.1) is 0 Å². The van der Waals surface area contributed by atoms with Crippen LogP contribution >= 0.6 is 0 Å². The third-order valence-corrected chi connectivity index (χ3v) is 6.30. The maximum Gasteiger partial charge on any atom is 0.294 e. The molecular weight excluding hydrogens is 412 g/mol. The van der Waals surface area contributed by atoms with Crippen LogP contribution in [0.3, 0.4) is 0 Å². The SMILES string of the molecule is CCCCCCCCCCCCCc1cccc(O)c1Oc1cccc(S(=O)(=O)O)c1. The number of aromatic hydroxyl groups is 1. The predicted octanol–water partition coefficient (Wildman–Crippen LogP) is 7.28. The monoisotopic (exact) mass is 448 g/mol. The van der Waals surface area contributed by atoms with Crippen LogP contribution in [-0.2, 0) is 16.5 Å². The van der Waals surface area contributed by atoms with E-state index in [1.807, 2.05) is 6.07 Å². The molecule has 0 radical (unpaired) electrons. The van der Waals surface area contributed by atoms with E-state index in [1.54, 1.807) is 18.2 Å². The van der Waals surface area contributed by atoms with E-state index in [0.717, 1.165) is 24.8 Å². The quantitative estimate of drug-likeness (QED) is 0.221. The Hall–Kier alpha value is -2.05. The summed E-state index contributed by atoms with van der Waals surface area (Å²) in [4.78, 5) is -0.243. The van der Waals surface area contributed by atoms with Crippen molar-refractivity contribution >= 4 is 10.1 Å². The second kappa shape index (κ2) is 13.4. The van der Waals surface area contributed by atoms with Crippen LogP contribution in [0.4, 0.5) is 0 Å². The molecule has 0 unspecified atom stereocenters. The minimum Gasteiger partial charge on any atom is -0.504 e. The lowest BCUT2D eigenvalue weighted by atomic mass is 10.0. The highest BCUT2D eigenvalue weighted by Crippen LogP contribution is 2.35. The first-order chi connectivity index (χ1) is 14.9. The van der Waals surface area contributed by atoms with E-state index in [1.165, 1.54) is 76.0 Å².